The van der Waals surface area contributed by atoms with Gasteiger partial charge in [0.1, 0.15) is 5.82 Å². The van der Waals surface area contributed by atoms with Gasteiger partial charge in [0.15, 0.2) is 0 Å². The van der Waals surface area contributed by atoms with Gasteiger partial charge in [-0.3, -0.25) is 4.79 Å². The van der Waals surface area contributed by atoms with Crippen LogP contribution < -0.4 is 10.6 Å². The van der Waals surface area contributed by atoms with E-state index in [1.54, 1.807) is 11.8 Å². The van der Waals surface area contributed by atoms with Gasteiger partial charge in [-0.2, -0.15) is 11.8 Å². The Morgan fingerprint density at radius 1 is 1.26 bits per heavy atom. The van der Waals surface area contributed by atoms with E-state index in [0.717, 1.165) is 24.5 Å². The number of amides is 1. The zero-order valence-electron chi connectivity index (χ0n) is 10.7. The lowest BCUT2D eigenvalue weighted by atomic mass is 10.3. The van der Waals surface area contributed by atoms with Crippen LogP contribution in [-0.4, -0.2) is 42.2 Å². The molecule has 0 heterocycles. The molecule has 0 atom stereocenters. The largest absolute Gasteiger partial charge is 0.396 e. The summed E-state index contributed by atoms with van der Waals surface area (Å²) in [5.74, 6) is 1.37. The number of rotatable bonds is 9. The highest BCUT2D eigenvalue weighted by Gasteiger charge is 2.01. The van der Waals surface area contributed by atoms with Gasteiger partial charge in [-0.15, -0.1) is 0 Å². The molecule has 0 aliphatic rings. The van der Waals surface area contributed by atoms with E-state index < -0.39 is 0 Å². The number of aliphatic hydroxyl groups is 1. The van der Waals surface area contributed by atoms with Crippen molar-refractivity contribution in [1.82, 2.24) is 5.32 Å². The molecule has 106 valence electrons. The van der Waals surface area contributed by atoms with E-state index >= 15 is 0 Å². The van der Waals surface area contributed by atoms with E-state index in [9.17, 15) is 9.18 Å². The lowest BCUT2D eigenvalue weighted by molar-refractivity contribution is -0.115. The number of thioether (sulfide) groups is 1. The van der Waals surface area contributed by atoms with E-state index in [4.69, 9.17) is 5.11 Å². The van der Waals surface area contributed by atoms with Crippen molar-refractivity contribution >= 4 is 23.4 Å². The van der Waals surface area contributed by atoms with Crippen LogP contribution in [0.15, 0.2) is 24.3 Å². The summed E-state index contributed by atoms with van der Waals surface area (Å²) in [7, 11) is 0. The van der Waals surface area contributed by atoms with Crippen LogP contribution in [0.25, 0.3) is 0 Å². The summed E-state index contributed by atoms with van der Waals surface area (Å²) < 4.78 is 12.7. The first-order chi connectivity index (χ1) is 9.22. The van der Waals surface area contributed by atoms with E-state index in [-0.39, 0.29) is 24.9 Å². The molecular weight excluding hydrogens is 267 g/mol. The number of aliphatic hydroxyl groups excluding tert-OH is 1. The van der Waals surface area contributed by atoms with E-state index in [1.165, 1.54) is 24.3 Å². The third-order valence-corrected chi connectivity index (χ3v) is 3.35. The summed E-state index contributed by atoms with van der Waals surface area (Å²) in [6, 6.07) is 5.66. The van der Waals surface area contributed by atoms with Crippen molar-refractivity contribution in [2.45, 2.75) is 6.42 Å². The third-order valence-electron chi connectivity index (χ3n) is 2.28. The van der Waals surface area contributed by atoms with Crippen LogP contribution in [0.2, 0.25) is 0 Å². The summed E-state index contributed by atoms with van der Waals surface area (Å²) in [6.45, 7) is 1.20. The number of anilines is 1. The number of benzene rings is 1. The highest BCUT2D eigenvalue weighted by atomic mass is 32.2. The van der Waals surface area contributed by atoms with Gasteiger partial charge in [-0.1, -0.05) is 0 Å². The van der Waals surface area contributed by atoms with Crippen LogP contribution in [0.3, 0.4) is 0 Å². The van der Waals surface area contributed by atoms with Crippen molar-refractivity contribution in [3.05, 3.63) is 30.1 Å². The maximum absolute atomic E-state index is 12.7. The topological polar surface area (TPSA) is 61.4 Å². The molecule has 19 heavy (non-hydrogen) atoms. The minimum Gasteiger partial charge on any atom is -0.396 e. The molecule has 0 spiro atoms. The SMILES string of the molecule is O=C(CNCCSCCCO)Nc1ccc(F)cc1. The predicted molar refractivity (Wildman–Crippen MR) is 76.9 cm³/mol. The Labute approximate surface area is 116 Å². The first-order valence-corrected chi connectivity index (χ1v) is 7.32. The second-order valence-electron chi connectivity index (χ2n) is 3.92. The van der Waals surface area contributed by atoms with Crippen LogP contribution in [0.5, 0.6) is 0 Å². The number of nitrogens with one attached hydrogen (secondary N) is 2. The van der Waals surface area contributed by atoms with Gasteiger partial charge >= 0.3 is 0 Å². The molecule has 6 heteroatoms. The number of hydrogen-bond acceptors (Lipinski definition) is 4. The molecule has 1 aromatic rings. The zero-order valence-corrected chi connectivity index (χ0v) is 11.5. The normalized spacial score (nSPS) is 10.4. The highest BCUT2D eigenvalue weighted by molar-refractivity contribution is 7.99. The second-order valence-corrected chi connectivity index (χ2v) is 5.15. The Hall–Kier alpha value is -1.11. The third kappa shape index (κ3) is 7.81. The summed E-state index contributed by atoms with van der Waals surface area (Å²) in [5, 5.41) is 14.3. The minimum absolute atomic E-state index is 0.146. The van der Waals surface area contributed by atoms with Crippen molar-refractivity contribution in [2.24, 2.45) is 0 Å². The summed E-state index contributed by atoms with van der Waals surface area (Å²) in [5.41, 5.74) is 0.588. The molecular formula is C13H19FN2O2S. The Balaban J connectivity index is 2.06. The average molecular weight is 286 g/mol. The van der Waals surface area contributed by atoms with Gasteiger partial charge in [-0.05, 0) is 36.4 Å². The smallest absolute Gasteiger partial charge is 0.238 e. The quantitative estimate of drug-likeness (QED) is 0.602. The first kappa shape index (κ1) is 15.9. The van der Waals surface area contributed by atoms with E-state index in [2.05, 4.69) is 10.6 Å². The van der Waals surface area contributed by atoms with Crippen LogP contribution in [0.1, 0.15) is 6.42 Å². The van der Waals surface area contributed by atoms with Crippen LogP contribution in [0, 0.1) is 5.82 Å². The Kier molecular flexibility index (Phi) is 8.20. The first-order valence-electron chi connectivity index (χ1n) is 6.17. The van der Waals surface area contributed by atoms with Crippen molar-refractivity contribution in [2.75, 3.05) is 36.5 Å². The van der Waals surface area contributed by atoms with E-state index in [1.807, 2.05) is 0 Å². The van der Waals surface area contributed by atoms with Gasteiger partial charge in [0, 0.05) is 24.6 Å². The monoisotopic (exact) mass is 286 g/mol. The molecule has 0 aliphatic carbocycles. The fraction of sp³-hybridized carbons (Fsp3) is 0.462. The predicted octanol–water partition coefficient (Wildman–Crippen LogP) is 1.47. The minimum atomic E-state index is -0.323. The second kappa shape index (κ2) is 9.77. The molecule has 0 unspecified atom stereocenters. The number of carbonyl (C=O) groups excluding carboxylic acids is 1. The van der Waals surface area contributed by atoms with Gasteiger partial charge < -0.3 is 15.7 Å². The van der Waals surface area contributed by atoms with Crippen LogP contribution >= 0.6 is 11.8 Å². The van der Waals surface area contributed by atoms with Crippen molar-refractivity contribution in [3.8, 4) is 0 Å². The summed E-state index contributed by atoms with van der Waals surface area (Å²) in [6.07, 6.45) is 0.801. The average Bonchev–Trinajstić information content (AvgIpc) is 2.40. The van der Waals surface area contributed by atoms with E-state index in [0.29, 0.717) is 5.69 Å². The molecule has 3 N–H and O–H groups in total. The molecule has 1 aromatic carbocycles. The Bertz CT molecular complexity index is 373. The Morgan fingerprint density at radius 3 is 2.68 bits per heavy atom. The lowest BCUT2D eigenvalue weighted by Gasteiger charge is -2.06. The van der Waals surface area contributed by atoms with Crippen LogP contribution in [0.4, 0.5) is 10.1 Å². The molecule has 0 aliphatic heterocycles. The number of halogens is 1. The van der Waals surface area contributed by atoms with Crippen molar-refractivity contribution < 1.29 is 14.3 Å². The molecule has 0 bridgehead atoms. The van der Waals surface area contributed by atoms with Gasteiger partial charge in [0.05, 0.1) is 6.54 Å². The molecule has 0 aromatic heterocycles. The molecule has 0 saturated heterocycles. The lowest BCUT2D eigenvalue weighted by Crippen LogP contribution is -2.29. The Morgan fingerprint density at radius 2 is 2.00 bits per heavy atom. The summed E-state index contributed by atoms with van der Waals surface area (Å²) >= 11 is 1.74. The molecule has 1 amide bonds. The highest BCUT2D eigenvalue weighted by Crippen LogP contribution is 2.07. The van der Waals surface area contributed by atoms with Crippen molar-refractivity contribution in [3.63, 3.8) is 0 Å². The summed E-state index contributed by atoms with van der Waals surface area (Å²) in [4.78, 5) is 11.5. The van der Waals surface area contributed by atoms with Gasteiger partial charge in [0.25, 0.3) is 0 Å². The fourth-order valence-electron chi connectivity index (χ4n) is 1.35. The number of carbonyl (C=O) groups is 1. The molecule has 0 radical (unpaired) electrons. The maximum Gasteiger partial charge on any atom is 0.238 e. The zero-order chi connectivity index (χ0) is 13.9. The van der Waals surface area contributed by atoms with Crippen molar-refractivity contribution in [1.29, 1.82) is 0 Å². The molecule has 0 fully saturated rings. The number of hydrogen-bond donors (Lipinski definition) is 3. The van der Waals surface area contributed by atoms with Gasteiger partial charge in [-0.25, -0.2) is 4.39 Å². The molecule has 1 rings (SSSR count). The standard InChI is InChI=1S/C13H19FN2O2S/c14-11-2-4-12(5-3-11)16-13(18)10-15-6-9-19-8-1-7-17/h2-5,15,17H,1,6-10H2,(H,16,18). The fourth-order valence-corrected chi connectivity index (χ4v) is 2.18. The van der Waals surface area contributed by atoms with Gasteiger partial charge in [0.2, 0.25) is 5.91 Å². The molecule has 4 nitrogen and oxygen atoms in total. The molecule has 0 saturated carbocycles. The van der Waals surface area contributed by atoms with Crippen LogP contribution in [-0.2, 0) is 4.79 Å². The maximum atomic E-state index is 12.7.